The van der Waals surface area contributed by atoms with Crippen molar-refractivity contribution in [3.8, 4) is 11.4 Å². The molecular weight excluding hydrogens is 326 g/mol. The van der Waals surface area contributed by atoms with E-state index in [2.05, 4.69) is 37.5 Å². The molecule has 6 heteroatoms. The minimum Gasteiger partial charge on any atom is -0.326 e. The highest BCUT2D eigenvalue weighted by Crippen LogP contribution is 2.27. The molecule has 0 aliphatic carbocycles. The first kappa shape index (κ1) is 17.2. The summed E-state index contributed by atoms with van der Waals surface area (Å²) in [5.74, 6) is 2.07. The SMILES string of the molecule is Cc1ccc(-c2nnc3n2CCCCC3)cc1NC(=O)CC1CCCN1. The second-order valence-corrected chi connectivity index (χ2v) is 7.48. The lowest BCUT2D eigenvalue weighted by atomic mass is 10.1. The molecule has 0 saturated carbocycles. The molecule has 0 spiro atoms. The molecule has 6 nitrogen and oxygen atoms in total. The van der Waals surface area contributed by atoms with Gasteiger partial charge < -0.3 is 15.2 Å². The van der Waals surface area contributed by atoms with Crippen LogP contribution in [0.4, 0.5) is 5.69 Å². The van der Waals surface area contributed by atoms with Gasteiger partial charge in [-0.15, -0.1) is 10.2 Å². The second kappa shape index (κ2) is 7.58. The molecule has 1 aromatic heterocycles. The fraction of sp³-hybridized carbons (Fsp3) is 0.550. The number of nitrogens with zero attached hydrogens (tertiary/aromatic N) is 3. The van der Waals surface area contributed by atoms with Crippen molar-refractivity contribution < 1.29 is 4.79 Å². The van der Waals surface area contributed by atoms with Crippen LogP contribution in [0.25, 0.3) is 11.4 Å². The Balaban J connectivity index is 1.54. The van der Waals surface area contributed by atoms with Crippen LogP contribution < -0.4 is 10.6 Å². The first-order valence-electron chi connectivity index (χ1n) is 9.77. The van der Waals surface area contributed by atoms with Crippen LogP contribution in [0.15, 0.2) is 18.2 Å². The van der Waals surface area contributed by atoms with Crippen LogP contribution in [-0.2, 0) is 17.8 Å². The van der Waals surface area contributed by atoms with E-state index in [1.807, 2.05) is 13.0 Å². The van der Waals surface area contributed by atoms with Gasteiger partial charge in [-0.2, -0.15) is 0 Å². The molecule has 1 atom stereocenters. The molecule has 0 radical (unpaired) electrons. The molecule has 2 aliphatic heterocycles. The van der Waals surface area contributed by atoms with E-state index in [4.69, 9.17) is 0 Å². The van der Waals surface area contributed by atoms with Crippen LogP contribution in [0.3, 0.4) is 0 Å². The van der Waals surface area contributed by atoms with E-state index in [1.54, 1.807) is 0 Å². The molecule has 4 rings (SSSR count). The number of carbonyl (C=O) groups is 1. The molecule has 2 aromatic rings. The quantitative estimate of drug-likeness (QED) is 0.886. The lowest BCUT2D eigenvalue weighted by Crippen LogP contribution is -2.27. The molecular formula is C20H27N5O. The van der Waals surface area contributed by atoms with Crippen LogP contribution in [0.2, 0.25) is 0 Å². The van der Waals surface area contributed by atoms with Gasteiger partial charge >= 0.3 is 0 Å². The smallest absolute Gasteiger partial charge is 0.225 e. The normalized spacial score (nSPS) is 19.8. The maximum atomic E-state index is 12.4. The monoisotopic (exact) mass is 353 g/mol. The van der Waals surface area contributed by atoms with Crippen molar-refractivity contribution >= 4 is 11.6 Å². The summed E-state index contributed by atoms with van der Waals surface area (Å²) in [6.45, 7) is 4.02. The largest absolute Gasteiger partial charge is 0.326 e. The molecule has 2 N–H and O–H groups in total. The van der Waals surface area contributed by atoms with Crippen LogP contribution in [0, 0.1) is 6.92 Å². The summed E-state index contributed by atoms with van der Waals surface area (Å²) in [5, 5.41) is 15.3. The molecule has 26 heavy (non-hydrogen) atoms. The van der Waals surface area contributed by atoms with Gasteiger partial charge in [0.1, 0.15) is 5.82 Å². The van der Waals surface area contributed by atoms with Crippen LogP contribution in [-0.4, -0.2) is 33.3 Å². The zero-order valence-corrected chi connectivity index (χ0v) is 15.4. The summed E-state index contributed by atoms with van der Waals surface area (Å²) in [6, 6.07) is 6.48. The van der Waals surface area contributed by atoms with Gasteiger partial charge in [-0.1, -0.05) is 18.6 Å². The van der Waals surface area contributed by atoms with Gasteiger partial charge in [-0.3, -0.25) is 4.79 Å². The summed E-state index contributed by atoms with van der Waals surface area (Å²) < 4.78 is 2.24. The Morgan fingerprint density at radius 2 is 2.19 bits per heavy atom. The third-order valence-electron chi connectivity index (χ3n) is 5.47. The highest BCUT2D eigenvalue weighted by molar-refractivity contribution is 5.92. The molecule has 1 unspecified atom stereocenters. The number of benzene rings is 1. The number of nitrogens with one attached hydrogen (secondary N) is 2. The second-order valence-electron chi connectivity index (χ2n) is 7.48. The Morgan fingerprint density at radius 3 is 3.04 bits per heavy atom. The lowest BCUT2D eigenvalue weighted by molar-refractivity contribution is -0.116. The van der Waals surface area contributed by atoms with Crippen LogP contribution in [0.1, 0.15) is 49.9 Å². The van der Waals surface area contributed by atoms with E-state index in [9.17, 15) is 4.79 Å². The van der Waals surface area contributed by atoms with Crippen LogP contribution >= 0.6 is 0 Å². The van der Waals surface area contributed by atoms with Gasteiger partial charge in [0.15, 0.2) is 5.82 Å². The van der Waals surface area contributed by atoms with Gasteiger partial charge in [0, 0.05) is 36.7 Å². The Morgan fingerprint density at radius 1 is 1.27 bits per heavy atom. The molecule has 1 amide bonds. The van der Waals surface area contributed by atoms with Crippen molar-refractivity contribution in [1.29, 1.82) is 0 Å². The zero-order valence-electron chi connectivity index (χ0n) is 15.4. The number of carbonyl (C=O) groups excluding carboxylic acids is 1. The van der Waals surface area contributed by atoms with E-state index in [0.29, 0.717) is 12.5 Å². The van der Waals surface area contributed by atoms with Crippen molar-refractivity contribution in [2.75, 3.05) is 11.9 Å². The van der Waals surface area contributed by atoms with Crippen molar-refractivity contribution in [2.24, 2.45) is 0 Å². The third-order valence-corrected chi connectivity index (χ3v) is 5.47. The number of aryl methyl sites for hydroxylation is 2. The number of amides is 1. The summed E-state index contributed by atoms with van der Waals surface area (Å²) in [7, 11) is 0. The Kier molecular flexibility index (Phi) is 5.02. The van der Waals surface area contributed by atoms with E-state index in [0.717, 1.165) is 60.8 Å². The molecule has 3 heterocycles. The first-order chi connectivity index (χ1) is 12.7. The van der Waals surface area contributed by atoms with Gasteiger partial charge in [0.2, 0.25) is 5.91 Å². The summed E-state index contributed by atoms with van der Waals surface area (Å²) in [6.07, 6.45) is 7.36. The van der Waals surface area contributed by atoms with Gasteiger partial charge in [-0.05, 0) is 50.8 Å². The number of anilines is 1. The highest BCUT2D eigenvalue weighted by atomic mass is 16.1. The van der Waals surface area contributed by atoms with Crippen molar-refractivity contribution in [1.82, 2.24) is 20.1 Å². The Bertz CT molecular complexity index is 791. The predicted octanol–water partition coefficient (Wildman–Crippen LogP) is 3.06. The summed E-state index contributed by atoms with van der Waals surface area (Å²) in [4.78, 5) is 12.4. The molecule has 1 aromatic carbocycles. The highest BCUT2D eigenvalue weighted by Gasteiger charge is 2.19. The molecule has 1 saturated heterocycles. The Labute approximate surface area is 154 Å². The average molecular weight is 353 g/mol. The van der Waals surface area contributed by atoms with E-state index in [-0.39, 0.29) is 5.91 Å². The number of fused-ring (bicyclic) bond motifs is 1. The minimum atomic E-state index is 0.0738. The van der Waals surface area contributed by atoms with E-state index in [1.165, 1.54) is 19.3 Å². The van der Waals surface area contributed by atoms with Crippen molar-refractivity contribution in [3.05, 3.63) is 29.6 Å². The van der Waals surface area contributed by atoms with E-state index < -0.39 is 0 Å². The summed E-state index contributed by atoms with van der Waals surface area (Å²) in [5.41, 5.74) is 2.96. The number of rotatable bonds is 4. The topological polar surface area (TPSA) is 71.8 Å². The first-order valence-corrected chi connectivity index (χ1v) is 9.77. The standard InChI is InChI=1S/C20H27N5O/c1-14-8-9-15(20-24-23-18-7-3-2-4-11-25(18)20)12-17(14)22-19(26)13-16-6-5-10-21-16/h8-9,12,16,21H,2-7,10-11,13H2,1H3,(H,22,26). The maximum Gasteiger partial charge on any atom is 0.225 e. The molecule has 1 fully saturated rings. The number of hydrogen-bond donors (Lipinski definition) is 2. The maximum absolute atomic E-state index is 12.4. The number of aromatic nitrogens is 3. The number of hydrogen-bond acceptors (Lipinski definition) is 4. The van der Waals surface area contributed by atoms with Gasteiger partial charge in [-0.25, -0.2) is 0 Å². The fourth-order valence-electron chi connectivity index (χ4n) is 3.95. The van der Waals surface area contributed by atoms with Crippen molar-refractivity contribution in [2.45, 2.75) is 64.5 Å². The van der Waals surface area contributed by atoms with Crippen LogP contribution in [0.5, 0.6) is 0 Å². The fourth-order valence-corrected chi connectivity index (χ4v) is 3.95. The molecule has 0 bridgehead atoms. The van der Waals surface area contributed by atoms with Gasteiger partial charge in [0.25, 0.3) is 0 Å². The van der Waals surface area contributed by atoms with Gasteiger partial charge in [0.05, 0.1) is 0 Å². The zero-order chi connectivity index (χ0) is 17.9. The lowest BCUT2D eigenvalue weighted by Gasteiger charge is -2.14. The average Bonchev–Trinajstić information content (AvgIpc) is 3.21. The third kappa shape index (κ3) is 3.65. The minimum absolute atomic E-state index is 0.0738. The molecule has 138 valence electrons. The predicted molar refractivity (Wildman–Crippen MR) is 102 cm³/mol. The molecule has 2 aliphatic rings. The van der Waals surface area contributed by atoms with E-state index >= 15 is 0 Å². The van der Waals surface area contributed by atoms with Crippen molar-refractivity contribution in [3.63, 3.8) is 0 Å². The Hall–Kier alpha value is -2.21. The summed E-state index contributed by atoms with van der Waals surface area (Å²) >= 11 is 0.